The average Bonchev–Trinajstić information content (AvgIpc) is 2.38. The minimum Gasteiger partial charge on any atom is -0.369 e. The van der Waals surface area contributed by atoms with Crippen LogP contribution in [0.5, 0.6) is 0 Å². The second-order valence-corrected chi connectivity index (χ2v) is 6.63. The minimum atomic E-state index is -0.225. The Kier molecular flexibility index (Phi) is 4.48. The van der Waals surface area contributed by atoms with E-state index in [1.807, 2.05) is 23.1 Å². The van der Waals surface area contributed by atoms with Crippen LogP contribution in [0.4, 0.5) is 0 Å². The van der Waals surface area contributed by atoms with Gasteiger partial charge in [0.25, 0.3) is 0 Å². The first-order chi connectivity index (χ1) is 9.40. The normalized spacial score (nSPS) is 22.1. The van der Waals surface area contributed by atoms with E-state index >= 15 is 0 Å². The van der Waals surface area contributed by atoms with Crippen molar-refractivity contribution < 1.29 is 9.53 Å². The van der Waals surface area contributed by atoms with Crippen LogP contribution in [0.1, 0.15) is 45.8 Å². The molecule has 0 spiro atoms. The average molecular weight is 275 g/mol. The van der Waals surface area contributed by atoms with E-state index in [9.17, 15) is 4.79 Å². The monoisotopic (exact) mass is 275 g/mol. The summed E-state index contributed by atoms with van der Waals surface area (Å²) in [4.78, 5) is 14.5. The highest BCUT2D eigenvalue weighted by Gasteiger charge is 2.38. The quantitative estimate of drug-likeness (QED) is 0.846. The maximum atomic E-state index is 12.5. The van der Waals surface area contributed by atoms with Gasteiger partial charge in [0, 0.05) is 6.42 Å². The summed E-state index contributed by atoms with van der Waals surface area (Å²) in [5, 5.41) is 0. The predicted molar refractivity (Wildman–Crippen MR) is 80.4 cm³/mol. The smallest absolute Gasteiger partial charge is 0.223 e. The van der Waals surface area contributed by atoms with E-state index in [2.05, 4.69) is 39.8 Å². The molecule has 1 saturated heterocycles. The Hall–Kier alpha value is -1.35. The minimum absolute atomic E-state index is 0.0136. The van der Waals surface area contributed by atoms with Gasteiger partial charge in [-0.1, -0.05) is 44.2 Å². The van der Waals surface area contributed by atoms with Crippen molar-refractivity contribution >= 4 is 5.91 Å². The van der Waals surface area contributed by atoms with Crippen molar-refractivity contribution in [3.63, 3.8) is 0 Å². The summed E-state index contributed by atoms with van der Waals surface area (Å²) in [5.74, 6) is 0.616. The molecule has 110 valence electrons. The number of amides is 1. The highest BCUT2D eigenvalue weighted by atomic mass is 16.5. The highest BCUT2D eigenvalue weighted by Crippen LogP contribution is 2.31. The number of benzene rings is 1. The molecule has 3 nitrogen and oxygen atoms in total. The van der Waals surface area contributed by atoms with Crippen molar-refractivity contribution in [2.75, 3.05) is 13.2 Å². The van der Waals surface area contributed by atoms with E-state index < -0.39 is 0 Å². The first kappa shape index (κ1) is 15.0. The Bertz CT molecular complexity index is 453. The number of carbonyl (C=O) groups is 1. The Labute approximate surface area is 121 Å². The zero-order chi connectivity index (χ0) is 14.8. The molecule has 1 heterocycles. The lowest BCUT2D eigenvalue weighted by molar-refractivity contribution is -0.155. The first-order valence-electron chi connectivity index (χ1n) is 7.37. The molecule has 1 aliphatic rings. The fourth-order valence-electron chi connectivity index (χ4n) is 2.62. The molecule has 1 amide bonds. The number of rotatable bonds is 3. The lowest BCUT2D eigenvalue weighted by Gasteiger charge is -2.45. The molecule has 1 fully saturated rings. The lowest BCUT2D eigenvalue weighted by atomic mass is 9.96. The largest absolute Gasteiger partial charge is 0.369 e. The third-order valence-electron chi connectivity index (χ3n) is 3.77. The third-order valence-corrected chi connectivity index (χ3v) is 3.77. The van der Waals surface area contributed by atoms with Crippen molar-refractivity contribution in [3.05, 3.63) is 35.9 Å². The molecule has 0 aliphatic carbocycles. The second kappa shape index (κ2) is 5.96. The maximum Gasteiger partial charge on any atom is 0.223 e. The van der Waals surface area contributed by atoms with Crippen LogP contribution in [0.15, 0.2) is 30.3 Å². The van der Waals surface area contributed by atoms with E-state index in [-0.39, 0.29) is 17.6 Å². The summed E-state index contributed by atoms with van der Waals surface area (Å²) in [7, 11) is 0. The molecule has 0 bridgehead atoms. The molecule has 1 aromatic carbocycles. The molecule has 1 atom stereocenters. The van der Waals surface area contributed by atoms with E-state index in [4.69, 9.17) is 4.74 Å². The topological polar surface area (TPSA) is 29.5 Å². The van der Waals surface area contributed by atoms with Gasteiger partial charge in [-0.05, 0) is 25.3 Å². The number of carbonyl (C=O) groups excluding carboxylic acids is 1. The Balaban J connectivity index is 2.14. The number of hydrogen-bond acceptors (Lipinski definition) is 2. The molecule has 1 aromatic rings. The summed E-state index contributed by atoms with van der Waals surface area (Å²) in [5.41, 5.74) is 0.919. The van der Waals surface area contributed by atoms with Crippen molar-refractivity contribution in [2.45, 2.75) is 45.8 Å². The Morgan fingerprint density at radius 2 is 2.00 bits per heavy atom. The fourth-order valence-corrected chi connectivity index (χ4v) is 2.62. The molecule has 0 N–H and O–H groups in total. The van der Waals surface area contributed by atoms with Gasteiger partial charge in [-0.25, -0.2) is 0 Å². The van der Waals surface area contributed by atoms with Crippen molar-refractivity contribution in [3.8, 4) is 0 Å². The van der Waals surface area contributed by atoms with Crippen LogP contribution in [0, 0.1) is 5.92 Å². The zero-order valence-electron chi connectivity index (χ0n) is 12.9. The van der Waals surface area contributed by atoms with E-state index in [0.717, 1.165) is 5.56 Å². The predicted octanol–water partition coefficient (Wildman–Crippen LogP) is 3.41. The Morgan fingerprint density at radius 3 is 2.60 bits per heavy atom. The van der Waals surface area contributed by atoms with Crippen LogP contribution in [-0.2, 0) is 9.53 Å². The summed E-state index contributed by atoms with van der Waals surface area (Å²) in [6.07, 6.45) is 0.589. The van der Waals surface area contributed by atoms with E-state index in [0.29, 0.717) is 25.5 Å². The van der Waals surface area contributed by atoms with Crippen LogP contribution < -0.4 is 0 Å². The van der Waals surface area contributed by atoms with Gasteiger partial charge in [-0.2, -0.15) is 0 Å². The first-order valence-corrected chi connectivity index (χ1v) is 7.37. The summed E-state index contributed by atoms with van der Waals surface area (Å²) < 4.78 is 5.97. The van der Waals surface area contributed by atoms with Gasteiger partial charge >= 0.3 is 0 Å². The molecule has 2 rings (SSSR count). The fraction of sp³-hybridized carbons (Fsp3) is 0.588. The van der Waals surface area contributed by atoms with Gasteiger partial charge in [-0.15, -0.1) is 0 Å². The molecule has 1 unspecified atom stereocenters. The number of hydrogen-bond donors (Lipinski definition) is 0. The van der Waals surface area contributed by atoms with Gasteiger partial charge in [0.15, 0.2) is 0 Å². The van der Waals surface area contributed by atoms with Crippen molar-refractivity contribution in [1.82, 2.24) is 4.90 Å². The molecule has 0 aromatic heterocycles. The molecular weight excluding hydrogens is 250 g/mol. The van der Waals surface area contributed by atoms with Crippen molar-refractivity contribution in [2.24, 2.45) is 5.92 Å². The number of ether oxygens (including phenoxy) is 1. The van der Waals surface area contributed by atoms with Crippen LogP contribution >= 0.6 is 0 Å². The lowest BCUT2D eigenvalue weighted by Crippen LogP contribution is -2.56. The van der Waals surface area contributed by atoms with Gasteiger partial charge in [0.1, 0.15) is 6.10 Å². The van der Waals surface area contributed by atoms with Crippen LogP contribution in [-0.4, -0.2) is 29.5 Å². The van der Waals surface area contributed by atoms with Crippen LogP contribution in [0.3, 0.4) is 0 Å². The van der Waals surface area contributed by atoms with Crippen molar-refractivity contribution in [1.29, 1.82) is 0 Å². The van der Waals surface area contributed by atoms with Crippen LogP contribution in [0.2, 0.25) is 0 Å². The Morgan fingerprint density at radius 1 is 1.35 bits per heavy atom. The summed E-state index contributed by atoms with van der Waals surface area (Å²) in [6.45, 7) is 9.54. The number of nitrogens with zero attached hydrogens (tertiary/aromatic N) is 1. The summed E-state index contributed by atoms with van der Waals surface area (Å²) >= 11 is 0. The van der Waals surface area contributed by atoms with Gasteiger partial charge in [-0.3, -0.25) is 4.79 Å². The van der Waals surface area contributed by atoms with E-state index in [1.54, 1.807) is 0 Å². The zero-order valence-corrected chi connectivity index (χ0v) is 12.9. The highest BCUT2D eigenvalue weighted by molar-refractivity contribution is 5.77. The second-order valence-electron chi connectivity index (χ2n) is 6.63. The molecule has 1 aliphatic heterocycles. The molecule has 0 radical (unpaired) electrons. The van der Waals surface area contributed by atoms with E-state index in [1.165, 1.54) is 0 Å². The third kappa shape index (κ3) is 3.40. The van der Waals surface area contributed by atoms with Gasteiger partial charge in [0.05, 0.1) is 18.7 Å². The standard InChI is InChI=1S/C17H25NO2/c1-13(2)10-16(19)18-11-15(20-12-17(18,3)4)14-8-6-5-7-9-14/h5-9,13,15H,10-12H2,1-4H3. The van der Waals surface area contributed by atoms with Crippen LogP contribution in [0.25, 0.3) is 0 Å². The SMILES string of the molecule is CC(C)CC(=O)N1CC(c2ccccc2)OCC1(C)C. The maximum absolute atomic E-state index is 12.5. The molecular formula is C17H25NO2. The van der Waals surface area contributed by atoms with Gasteiger partial charge < -0.3 is 9.64 Å². The molecule has 20 heavy (non-hydrogen) atoms. The molecule has 0 saturated carbocycles. The summed E-state index contributed by atoms with van der Waals surface area (Å²) in [6, 6.07) is 10.2. The molecule has 3 heteroatoms. The number of morpholine rings is 1. The van der Waals surface area contributed by atoms with Gasteiger partial charge in [0.2, 0.25) is 5.91 Å².